The number of nitrogens with one attached hydrogen (secondary N) is 4. The minimum absolute atomic E-state index is 0.0642. The van der Waals surface area contributed by atoms with Crippen molar-refractivity contribution in [2.75, 3.05) is 6.54 Å². The summed E-state index contributed by atoms with van der Waals surface area (Å²) in [6.45, 7) is 0.360. The van der Waals surface area contributed by atoms with Crippen LogP contribution in [0.15, 0.2) is 36.8 Å². The molecule has 4 unspecified atom stereocenters. The molecule has 4 atom stereocenters. The number of nitrogens with zero attached hydrogens (tertiary/aromatic N) is 1. The maximum absolute atomic E-state index is 13.3. The zero-order valence-electron chi connectivity index (χ0n) is 22.5. The number of phenolic OH excluding ortho intramolecular Hbond substituents is 1. The number of carboxylic acids is 1. The van der Waals surface area contributed by atoms with Gasteiger partial charge in [-0.05, 0) is 56.3 Å². The van der Waals surface area contributed by atoms with E-state index in [1.807, 2.05) is 0 Å². The van der Waals surface area contributed by atoms with Gasteiger partial charge in [0.2, 0.25) is 23.6 Å². The van der Waals surface area contributed by atoms with E-state index in [-0.39, 0.29) is 37.9 Å². The SMILES string of the molecule is NCCCCC(NC(=O)C(N)Cc1ccc(O)cc1)C(=O)NC(CCC(N)=O)C(=O)NC(Cc1cnc[nH]1)C(=O)O. The number of primary amides is 1. The number of hydrogen-bond acceptors (Lipinski definition) is 9. The number of imidazole rings is 1. The summed E-state index contributed by atoms with van der Waals surface area (Å²) in [7, 11) is 0. The van der Waals surface area contributed by atoms with Crippen molar-refractivity contribution in [2.24, 2.45) is 17.2 Å². The topological polar surface area (TPSA) is 269 Å². The van der Waals surface area contributed by atoms with Crippen LogP contribution >= 0.6 is 0 Å². The number of benzene rings is 1. The molecule has 0 saturated carbocycles. The molecule has 41 heavy (non-hydrogen) atoms. The fraction of sp³-hybridized carbons (Fsp3) is 0.462. The molecule has 15 nitrogen and oxygen atoms in total. The maximum Gasteiger partial charge on any atom is 0.326 e. The van der Waals surface area contributed by atoms with Crippen LogP contribution in [-0.4, -0.2) is 80.5 Å². The Bertz CT molecular complexity index is 1160. The Balaban J connectivity index is 2.13. The number of aromatic hydroxyl groups is 1. The third-order valence-electron chi connectivity index (χ3n) is 6.21. The first kappa shape index (κ1) is 32.7. The molecule has 0 fully saturated rings. The van der Waals surface area contributed by atoms with Crippen LogP contribution in [0.25, 0.3) is 0 Å². The number of aromatic nitrogens is 2. The maximum atomic E-state index is 13.3. The van der Waals surface area contributed by atoms with Crippen LogP contribution in [0, 0.1) is 0 Å². The first-order valence-electron chi connectivity index (χ1n) is 13.1. The number of nitrogens with two attached hydrogens (primary N) is 3. The van der Waals surface area contributed by atoms with Crippen molar-refractivity contribution in [3.63, 3.8) is 0 Å². The number of unbranched alkanes of at least 4 members (excludes halogenated alkanes) is 1. The first-order valence-corrected chi connectivity index (χ1v) is 13.1. The van der Waals surface area contributed by atoms with Gasteiger partial charge in [0.25, 0.3) is 0 Å². The highest BCUT2D eigenvalue weighted by atomic mass is 16.4. The molecule has 0 saturated heterocycles. The van der Waals surface area contributed by atoms with Gasteiger partial charge in [-0.2, -0.15) is 0 Å². The number of H-pyrrole nitrogens is 1. The van der Waals surface area contributed by atoms with Gasteiger partial charge in [0, 0.05) is 24.7 Å². The highest BCUT2D eigenvalue weighted by molar-refractivity contribution is 5.94. The molecule has 1 aromatic heterocycles. The Morgan fingerprint density at radius 2 is 1.49 bits per heavy atom. The number of rotatable bonds is 18. The summed E-state index contributed by atoms with van der Waals surface area (Å²) in [6.07, 6.45) is 3.57. The van der Waals surface area contributed by atoms with Crippen LogP contribution < -0.4 is 33.2 Å². The number of carbonyl (C=O) groups excluding carboxylic acids is 4. The lowest BCUT2D eigenvalue weighted by atomic mass is 10.0. The van der Waals surface area contributed by atoms with Crippen molar-refractivity contribution in [2.45, 2.75) is 69.1 Å². The zero-order valence-corrected chi connectivity index (χ0v) is 22.5. The summed E-state index contributed by atoms with van der Waals surface area (Å²) in [5, 5.41) is 26.5. The fourth-order valence-corrected chi connectivity index (χ4v) is 3.94. The van der Waals surface area contributed by atoms with E-state index in [4.69, 9.17) is 17.2 Å². The normalized spacial score (nSPS) is 13.8. The molecule has 12 N–H and O–H groups in total. The zero-order chi connectivity index (χ0) is 30.4. The summed E-state index contributed by atoms with van der Waals surface area (Å²) in [5.41, 5.74) is 18.0. The van der Waals surface area contributed by atoms with E-state index in [9.17, 15) is 34.2 Å². The van der Waals surface area contributed by atoms with Gasteiger partial charge in [0.1, 0.15) is 23.9 Å². The average Bonchev–Trinajstić information content (AvgIpc) is 3.44. The molecule has 0 aliphatic carbocycles. The summed E-state index contributed by atoms with van der Waals surface area (Å²) in [5.74, 6) is -4.16. The van der Waals surface area contributed by atoms with E-state index >= 15 is 0 Å². The van der Waals surface area contributed by atoms with Gasteiger partial charge in [-0.25, -0.2) is 9.78 Å². The van der Waals surface area contributed by atoms with Gasteiger partial charge in [-0.15, -0.1) is 0 Å². The van der Waals surface area contributed by atoms with Crippen LogP contribution in [0.1, 0.15) is 43.4 Å². The van der Waals surface area contributed by atoms with Crippen LogP contribution in [0.2, 0.25) is 0 Å². The number of carboxylic acid groups (broad SMARTS) is 1. The molecule has 0 aliphatic rings. The second kappa shape index (κ2) is 16.6. The third-order valence-corrected chi connectivity index (χ3v) is 6.21. The lowest BCUT2D eigenvalue weighted by molar-refractivity contribution is -0.142. The van der Waals surface area contributed by atoms with E-state index in [2.05, 4.69) is 25.9 Å². The summed E-state index contributed by atoms with van der Waals surface area (Å²) < 4.78 is 0. The van der Waals surface area contributed by atoms with Gasteiger partial charge < -0.3 is 48.3 Å². The minimum Gasteiger partial charge on any atom is -0.508 e. The predicted molar refractivity (Wildman–Crippen MR) is 147 cm³/mol. The van der Waals surface area contributed by atoms with Gasteiger partial charge in [0.05, 0.1) is 12.4 Å². The van der Waals surface area contributed by atoms with Gasteiger partial charge >= 0.3 is 5.97 Å². The lowest BCUT2D eigenvalue weighted by Crippen LogP contribution is -2.57. The predicted octanol–water partition coefficient (Wildman–Crippen LogP) is -1.84. The number of aliphatic carboxylic acids is 1. The van der Waals surface area contributed by atoms with Gasteiger partial charge in [-0.1, -0.05) is 12.1 Å². The number of phenols is 1. The van der Waals surface area contributed by atoms with E-state index in [1.54, 1.807) is 12.1 Å². The van der Waals surface area contributed by atoms with Gasteiger partial charge in [-0.3, -0.25) is 19.2 Å². The number of hydrogen-bond donors (Lipinski definition) is 9. The number of carbonyl (C=O) groups is 5. The quantitative estimate of drug-likeness (QED) is 0.0897. The van der Waals surface area contributed by atoms with Crippen molar-refractivity contribution in [3.8, 4) is 5.75 Å². The monoisotopic (exact) mass is 574 g/mol. The van der Waals surface area contributed by atoms with Gasteiger partial charge in [0.15, 0.2) is 0 Å². The lowest BCUT2D eigenvalue weighted by Gasteiger charge is -2.25. The third kappa shape index (κ3) is 11.6. The molecular formula is C26H38N8O7. The molecule has 0 bridgehead atoms. The molecule has 1 heterocycles. The Kier molecular flexibility index (Phi) is 13.2. The molecule has 15 heteroatoms. The molecule has 224 valence electrons. The summed E-state index contributed by atoms with van der Waals surface area (Å²) in [4.78, 5) is 69.0. The molecule has 0 radical (unpaired) electrons. The molecule has 1 aromatic carbocycles. The molecule has 0 spiro atoms. The number of amides is 4. The second-order valence-corrected chi connectivity index (χ2v) is 9.57. The number of aromatic amines is 1. The Morgan fingerprint density at radius 3 is 2.05 bits per heavy atom. The van der Waals surface area contributed by atoms with E-state index in [0.29, 0.717) is 30.6 Å². The summed E-state index contributed by atoms with van der Waals surface area (Å²) in [6, 6.07) is 1.38. The highest BCUT2D eigenvalue weighted by Crippen LogP contribution is 2.12. The Morgan fingerprint density at radius 1 is 0.878 bits per heavy atom. The van der Waals surface area contributed by atoms with Crippen molar-refractivity contribution in [1.29, 1.82) is 0 Å². The highest BCUT2D eigenvalue weighted by Gasteiger charge is 2.30. The van der Waals surface area contributed by atoms with Crippen LogP contribution in [0.5, 0.6) is 5.75 Å². The fourth-order valence-electron chi connectivity index (χ4n) is 3.94. The molecule has 0 aliphatic heterocycles. The minimum atomic E-state index is -1.35. The van der Waals surface area contributed by atoms with Crippen molar-refractivity contribution < 1.29 is 34.2 Å². The second-order valence-electron chi connectivity index (χ2n) is 9.57. The van der Waals surface area contributed by atoms with Crippen LogP contribution in [0.3, 0.4) is 0 Å². The summed E-state index contributed by atoms with van der Waals surface area (Å²) >= 11 is 0. The Hall–Kier alpha value is -4.50. The molecule has 2 aromatic rings. The van der Waals surface area contributed by atoms with Crippen molar-refractivity contribution >= 4 is 29.6 Å². The first-order chi connectivity index (χ1) is 19.5. The molecule has 2 rings (SSSR count). The van der Waals surface area contributed by atoms with E-state index in [1.165, 1.54) is 24.7 Å². The van der Waals surface area contributed by atoms with Crippen molar-refractivity contribution in [3.05, 3.63) is 48.0 Å². The molecular weight excluding hydrogens is 536 g/mol. The Labute approximate surface area is 236 Å². The van der Waals surface area contributed by atoms with E-state index in [0.717, 1.165) is 0 Å². The van der Waals surface area contributed by atoms with Crippen LogP contribution in [0.4, 0.5) is 0 Å². The standard InChI is InChI=1S/C26H38N8O7/c27-10-2-1-3-19(32-23(37)18(28)11-15-4-6-17(35)7-5-15)24(38)33-20(8-9-22(29)36)25(39)34-21(26(40)41)12-16-13-30-14-31-16/h4-7,13-14,18-21,35H,1-3,8-12,27-28H2,(H2,29,36)(H,30,31)(H,32,37)(H,33,38)(H,34,39)(H,40,41). The van der Waals surface area contributed by atoms with Crippen molar-refractivity contribution in [1.82, 2.24) is 25.9 Å². The van der Waals surface area contributed by atoms with E-state index < -0.39 is 53.8 Å². The average molecular weight is 575 g/mol. The van der Waals surface area contributed by atoms with Crippen LogP contribution in [-0.2, 0) is 36.8 Å². The largest absolute Gasteiger partial charge is 0.508 e. The smallest absolute Gasteiger partial charge is 0.326 e. The molecule has 4 amide bonds.